The van der Waals surface area contributed by atoms with E-state index in [9.17, 15) is 0 Å². The van der Waals surface area contributed by atoms with Crippen LogP contribution in [0.4, 0.5) is 0 Å². The fourth-order valence-corrected chi connectivity index (χ4v) is 3.30. The Morgan fingerprint density at radius 1 is 0.917 bits per heavy atom. The SMILES string of the molecule is CNC1CCCC2CCCCC21. The Hall–Kier alpha value is -0.0400. The molecule has 12 heavy (non-hydrogen) atoms. The highest BCUT2D eigenvalue weighted by Crippen LogP contribution is 2.40. The van der Waals surface area contributed by atoms with Crippen molar-refractivity contribution in [3.8, 4) is 0 Å². The highest BCUT2D eigenvalue weighted by molar-refractivity contribution is 4.88. The van der Waals surface area contributed by atoms with Crippen molar-refractivity contribution in [1.82, 2.24) is 5.32 Å². The second-order valence-electron chi connectivity index (χ2n) is 4.53. The minimum Gasteiger partial charge on any atom is -0.317 e. The number of rotatable bonds is 1. The zero-order chi connectivity index (χ0) is 8.39. The molecule has 0 heterocycles. The zero-order valence-electron chi connectivity index (χ0n) is 8.18. The van der Waals surface area contributed by atoms with Gasteiger partial charge < -0.3 is 5.32 Å². The fourth-order valence-electron chi connectivity index (χ4n) is 3.30. The van der Waals surface area contributed by atoms with Crippen LogP contribution in [-0.4, -0.2) is 13.1 Å². The highest BCUT2D eigenvalue weighted by Gasteiger charge is 2.33. The van der Waals surface area contributed by atoms with Gasteiger partial charge in [0.25, 0.3) is 0 Å². The van der Waals surface area contributed by atoms with Crippen molar-refractivity contribution in [3.63, 3.8) is 0 Å². The molecule has 70 valence electrons. The molecule has 0 aromatic rings. The molecule has 2 fully saturated rings. The second kappa shape index (κ2) is 3.78. The summed E-state index contributed by atoms with van der Waals surface area (Å²) in [4.78, 5) is 0. The van der Waals surface area contributed by atoms with Crippen LogP contribution in [0.3, 0.4) is 0 Å². The standard InChI is InChI=1S/C11H21N/c1-12-11-8-4-6-9-5-2-3-7-10(9)11/h9-12H,2-8H2,1H3. The van der Waals surface area contributed by atoms with Crippen LogP contribution in [-0.2, 0) is 0 Å². The predicted octanol–water partition coefficient (Wildman–Crippen LogP) is 2.56. The van der Waals surface area contributed by atoms with Gasteiger partial charge in [0.2, 0.25) is 0 Å². The summed E-state index contributed by atoms with van der Waals surface area (Å²) in [6, 6.07) is 0.851. The summed E-state index contributed by atoms with van der Waals surface area (Å²) in [5.74, 6) is 2.10. The first-order chi connectivity index (χ1) is 5.92. The Morgan fingerprint density at radius 3 is 2.50 bits per heavy atom. The molecule has 2 rings (SSSR count). The van der Waals surface area contributed by atoms with Crippen molar-refractivity contribution < 1.29 is 0 Å². The van der Waals surface area contributed by atoms with Crippen LogP contribution in [0, 0.1) is 11.8 Å². The van der Waals surface area contributed by atoms with Crippen molar-refractivity contribution in [2.45, 2.75) is 51.0 Å². The summed E-state index contributed by atoms with van der Waals surface area (Å²) in [6.45, 7) is 0. The Kier molecular flexibility index (Phi) is 2.69. The van der Waals surface area contributed by atoms with Gasteiger partial charge in [0.1, 0.15) is 0 Å². The first-order valence-corrected chi connectivity index (χ1v) is 5.59. The van der Waals surface area contributed by atoms with Crippen molar-refractivity contribution in [2.24, 2.45) is 11.8 Å². The maximum Gasteiger partial charge on any atom is 0.00949 e. The van der Waals surface area contributed by atoms with Crippen LogP contribution >= 0.6 is 0 Å². The van der Waals surface area contributed by atoms with Gasteiger partial charge in [-0.1, -0.05) is 32.1 Å². The van der Waals surface area contributed by atoms with Gasteiger partial charge in [-0.15, -0.1) is 0 Å². The summed E-state index contributed by atoms with van der Waals surface area (Å²) in [5.41, 5.74) is 0. The molecule has 2 aliphatic rings. The first kappa shape index (κ1) is 8.55. The van der Waals surface area contributed by atoms with Gasteiger partial charge in [0.15, 0.2) is 0 Å². The lowest BCUT2D eigenvalue weighted by molar-refractivity contribution is 0.131. The van der Waals surface area contributed by atoms with Crippen LogP contribution in [0.1, 0.15) is 44.9 Å². The van der Waals surface area contributed by atoms with Gasteiger partial charge in [-0.05, 0) is 31.7 Å². The molecule has 1 nitrogen and oxygen atoms in total. The third kappa shape index (κ3) is 1.52. The number of hydrogen-bond acceptors (Lipinski definition) is 1. The van der Waals surface area contributed by atoms with E-state index in [1.807, 2.05) is 0 Å². The van der Waals surface area contributed by atoms with Gasteiger partial charge in [0.05, 0.1) is 0 Å². The monoisotopic (exact) mass is 167 g/mol. The molecule has 3 unspecified atom stereocenters. The first-order valence-electron chi connectivity index (χ1n) is 5.59. The van der Waals surface area contributed by atoms with E-state index in [-0.39, 0.29) is 0 Å². The number of hydrogen-bond donors (Lipinski definition) is 1. The lowest BCUT2D eigenvalue weighted by atomic mass is 9.68. The molecule has 0 radical (unpaired) electrons. The van der Waals surface area contributed by atoms with Crippen molar-refractivity contribution in [1.29, 1.82) is 0 Å². The van der Waals surface area contributed by atoms with Crippen LogP contribution in [0.2, 0.25) is 0 Å². The van der Waals surface area contributed by atoms with E-state index in [1.54, 1.807) is 0 Å². The topological polar surface area (TPSA) is 12.0 Å². The lowest BCUT2D eigenvalue weighted by Crippen LogP contribution is -2.42. The molecule has 1 heteroatoms. The lowest BCUT2D eigenvalue weighted by Gasteiger charge is -2.41. The quantitative estimate of drug-likeness (QED) is 0.633. The Bertz CT molecular complexity index is 135. The number of nitrogens with one attached hydrogen (secondary N) is 1. The van der Waals surface area contributed by atoms with E-state index in [0.717, 1.165) is 17.9 Å². The summed E-state index contributed by atoms with van der Waals surface area (Å²) < 4.78 is 0. The summed E-state index contributed by atoms with van der Waals surface area (Å²) >= 11 is 0. The summed E-state index contributed by atoms with van der Waals surface area (Å²) in [6.07, 6.45) is 10.4. The van der Waals surface area contributed by atoms with E-state index in [2.05, 4.69) is 12.4 Å². The summed E-state index contributed by atoms with van der Waals surface area (Å²) in [5, 5.41) is 3.50. The van der Waals surface area contributed by atoms with Gasteiger partial charge in [0, 0.05) is 6.04 Å². The van der Waals surface area contributed by atoms with Crippen molar-refractivity contribution in [3.05, 3.63) is 0 Å². The van der Waals surface area contributed by atoms with Crippen molar-refractivity contribution in [2.75, 3.05) is 7.05 Å². The molecule has 0 saturated heterocycles. The molecule has 0 amide bonds. The maximum absolute atomic E-state index is 3.50. The molecule has 0 aliphatic heterocycles. The van der Waals surface area contributed by atoms with Crippen LogP contribution in [0.25, 0.3) is 0 Å². The molecule has 0 aromatic carbocycles. The predicted molar refractivity (Wildman–Crippen MR) is 52.1 cm³/mol. The third-order valence-corrected chi connectivity index (χ3v) is 3.95. The second-order valence-corrected chi connectivity index (χ2v) is 4.53. The minimum atomic E-state index is 0.851. The molecule has 0 spiro atoms. The average molecular weight is 167 g/mol. The van der Waals surface area contributed by atoms with Crippen LogP contribution < -0.4 is 5.32 Å². The smallest absolute Gasteiger partial charge is 0.00949 e. The fraction of sp³-hybridized carbons (Fsp3) is 1.00. The van der Waals surface area contributed by atoms with E-state index in [4.69, 9.17) is 0 Å². The van der Waals surface area contributed by atoms with Gasteiger partial charge in [-0.25, -0.2) is 0 Å². The molecule has 1 N–H and O–H groups in total. The van der Waals surface area contributed by atoms with Crippen molar-refractivity contribution >= 4 is 0 Å². The minimum absolute atomic E-state index is 0.851. The van der Waals surface area contributed by atoms with E-state index in [0.29, 0.717) is 0 Å². The number of fused-ring (bicyclic) bond motifs is 1. The Morgan fingerprint density at radius 2 is 1.67 bits per heavy atom. The van der Waals surface area contributed by atoms with E-state index >= 15 is 0 Å². The average Bonchev–Trinajstić information content (AvgIpc) is 2.17. The van der Waals surface area contributed by atoms with Gasteiger partial charge >= 0.3 is 0 Å². The van der Waals surface area contributed by atoms with Gasteiger partial charge in [-0.2, -0.15) is 0 Å². The third-order valence-electron chi connectivity index (χ3n) is 3.95. The largest absolute Gasteiger partial charge is 0.317 e. The maximum atomic E-state index is 3.50. The molecule has 0 aromatic heterocycles. The Balaban J connectivity index is 1.99. The molecular formula is C11H21N. The van der Waals surface area contributed by atoms with Gasteiger partial charge in [-0.3, -0.25) is 0 Å². The van der Waals surface area contributed by atoms with Crippen LogP contribution in [0.15, 0.2) is 0 Å². The molecule has 0 bridgehead atoms. The highest BCUT2D eigenvalue weighted by atomic mass is 14.9. The summed E-state index contributed by atoms with van der Waals surface area (Å²) in [7, 11) is 2.14. The molecular weight excluding hydrogens is 146 g/mol. The van der Waals surface area contributed by atoms with E-state index in [1.165, 1.54) is 44.9 Å². The zero-order valence-corrected chi connectivity index (χ0v) is 8.18. The molecule has 2 saturated carbocycles. The normalized spacial score (nSPS) is 42.2. The molecule has 3 atom stereocenters. The van der Waals surface area contributed by atoms with Crippen LogP contribution in [0.5, 0.6) is 0 Å². The van der Waals surface area contributed by atoms with E-state index < -0.39 is 0 Å². The Labute approximate surface area is 75.9 Å². The molecule has 2 aliphatic carbocycles.